The summed E-state index contributed by atoms with van der Waals surface area (Å²) in [6, 6.07) is 3.93. The number of ether oxygens (including phenoxy) is 2. The molecule has 0 fully saturated rings. The van der Waals surface area contributed by atoms with Gasteiger partial charge in [-0.2, -0.15) is 0 Å². The molecule has 1 aliphatic rings. The van der Waals surface area contributed by atoms with Gasteiger partial charge in [-0.3, -0.25) is 4.99 Å². The number of rotatable bonds is 2. The first kappa shape index (κ1) is 11.9. The number of hydrogen-bond donors (Lipinski definition) is 0. The van der Waals surface area contributed by atoms with Crippen LogP contribution in [-0.2, 0) is 6.42 Å². The fraction of sp³-hybridized carbons (Fsp3) is 0.364. The van der Waals surface area contributed by atoms with Crippen LogP contribution >= 0.6 is 12.4 Å². The highest BCUT2D eigenvalue weighted by atomic mass is 35.5. The smallest absolute Gasteiger partial charge is 0.162 e. The van der Waals surface area contributed by atoms with Crippen molar-refractivity contribution < 1.29 is 9.47 Å². The van der Waals surface area contributed by atoms with Crippen molar-refractivity contribution in [2.24, 2.45) is 4.99 Å². The molecule has 1 aromatic rings. The van der Waals surface area contributed by atoms with E-state index in [0.717, 1.165) is 30.0 Å². The van der Waals surface area contributed by atoms with Gasteiger partial charge < -0.3 is 9.47 Å². The summed E-state index contributed by atoms with van der Waals surface area (Å²) in [6.45, 7) is 0. The summed E-state index contributed by atoms with van der Waals surface area (Å²) in [7, 11) is 3.28. The topological polar surface area (TPSA) is 30.8 Å². The van der Waals surface area contributed by atoms with Crippen molar-refractivity contribution in [3.05, 3.63) is 17.7 Å². The molecule has 0 aromatic heterocycles. The minimum atomic E-state index is 0. The molecule has 1 aromatic carbocycles. The Bertz CT molecular complexity index is 377. The number of nitrogens with zero attached hydrogens (tertiary/aromatic N) is 1. The summed E-state index contributed by atoms with van der Waals surface area (Å²) in [5.41, 5.74) is 2.22. The molecule has 0 spiro atoms. The van der Waals surface area contributed by atoms with E-state index in [0.29, 0.717) is 0 Å². The maximum Gasteiger partial charge on any atom is 0.162 e. The number of aliphatic imine (C=N–C) groups is 1. The number of hydrogen-bond acceptors (Lipinski definition) is 3. The van der Waals surface area contributed by atoms with E-state index < -0.39 is 0 Å². The van der Waals surface area contributed by atoms with E-state index in [4.69, 9.17) is 9.47 Å². The van der Waals surface area contributed by atoms with Gasteiger partial charge in [-0.05, 0) is 24.5 Å². The average molecular weight is 228 g/mol. The van der Waals surface area contributed by atoms with E-state index >= 15 is 0 Å². The van der Waals surface area contributed by atoms with Crippen molar-refractivity contribution in [1.82, 2.24) is 0 Å². The fourth-order valence-electron chi connectivity index (χ4n) is 1.61. The van der Waals surface area contributed by atoms with Gasteiger partial charge in [-0.1, -0.05) is 0 Å². The Morgan fingerprint density at radius 3 is 2.47 bits per heavy atom. The third kappa shape index (κ3) is 2.23. The first-order valence-electron chi connectivity index (χ1n) is 4.62. The van der Waals surface area contributed by atoms with Crippen molar-refractivity contribution in [2.75, 3.05) is 14.2 Å². The van der Waals surface area contributed by atoms with Crippen molar-refractivity contribution in [3.63, 3.8) is 0 Å². The molecule has 0 amide bonds. The minimum Gasteiger partial charge on any atom is -0.493 e. The zero-order valence-electron chi connectivity index (χ0n) is 8.82. The molecule has 1 aliphatic heterocycles. The van der Waals surface area contributed by atoms with E-state index in [1.54, 1.807) is 14.2 Å². The van der Waals surface area contributed by atoms with Crippen molar-refractivity contribution in [1.29, 1.82) is 0 Å². The summed E-state index contributed by atoms with van der Waals surface area (Å²) in [4.78, 5) is 4.32. The third-order valence-corrected chi connectivity index (χ3v) is 2.36. The van der Waals surface area contributed by atoms with E-state index in [9.17, 15) is 0 Å². The number of methoxy groups -OCH3 is 2. The van der Waals surface area contributed by atoms with Crippen LogP contribution in [0, 0.1) is 0 Å². The lowest BCUT2D eigenvalue weighted by molar-refractivity contribution is 0.354. The van der Waals surface area contributed by atoms with Crippen LogP contribution in [0.3, 0.4) is 0 Å². The summed E-state index contributed by atoms with van der Waals surface area (Å²) in [5.74, 6) is 1.52. The largest absolute Gasteiger partial charge is 0.493 e. The molecule has 0 aliphatic carbocycles. The molecule has 2 rings (SSSR count). The molecule has 0 N–H and O–H groups in total. The molecule has 4 heteroatoms. The molecule has 0 radical (unpaired) electrons. The number of fused-ring (bicyclic) bond motifs is 1. The van der Waals surface area contributed by atoms with Gasteiger partial charge in [-0.15, -0.1) is 12.4 Å². The van der Waals surface area contributed by atoms with Gasteiger partial charge in [0.1, 0.15) is 0 Å². The highest BCUT2D eigenvalue weighted by Crippen LogP contribution is 2.36. The Kier molecular flexibility index (Phi) is 3.97. The predicted octanol–water partition coefficient (Wildman–Crippen LogP) is 2.77. The van der Waals surface area contributed by atoms with Gasteiger partial charge in [-0.25, -0.2) is 0 Å². The molecule has 0 atom stereocenters. The van der Waals surface area contributed by atoms with E-state index in [1.165, 1.54) is 5.56 Å². The second kappa shape index (κ2) is 5.03. The lowest BCUT2D eigenvalue weighted by Gasteiger charge is -2.14. The monoisotopic (exact) mass is 227 g/mol. The van der Waals surface area contributed by atoms with Crippen LogP contribution < -0.4 is 9.47 Å². The molecule has 3 nitrogen and oxygen atoms in total. The second-order valence-corrected chi connectivity index (χ2v) is 3.19. The van der Waals surface area contributed by atoms with Crippen LogP contribution in [0.1, 0.15) is 12.0 Å². The fourth-order valence-corrected chi connectivity index (χ4v) is 1.61. The van der Waals surface area contributed by atoms with E-state index in [-0.39, 0.29) is 12.4 Å². The lowest BCUT2D eigenvalue weighted by atomic mass is 10.0. The van der Waals surface area contributed by atoms with Crippen LogP contribution in [0.25, 0.3) is 0 Å². The van der Waals surface area contributed by atoms with E-state index in [2.05, 4.69) is 4.99 Å². The Morgan fingerprint density at radius 1 is 1.13 bits per heavy atom. The quantitative estimate of drug-likeness (QED) is 0.778. The Balaban J connectivity index is 0.00000112. The molecule has 1 heterocycles. The van der Waals surface area contributed by atoms with Crippen molar-refractivity contribution in [2.45, 2.75) is 12.8 Å². The maximum atomic E-state index is 5.23. The van der Waals surface area contributed by atoms with Crippen molar-refractivity contribution >= 4 is 24.3 Å². The minimum absolute atomic E-state index is 0. The molecular weight excluding hydrogens is 214 g/mol. The van der Waals surface area contributed by atoms with Gasteiger partial charge in [0.2, 0.25) is 0 Å². The van der Waals surface area contributed by atoms with Gasteiger partial charge >= 0.3 is 0 Å². The maximum absolute atomic E-state index is 5.23. The normalized spacial score (nSPS) is 12.7. The first-order valence-corrected chi connectivity index (χ1v) is 4.62. The third-order valence-electron chi connectivity index (χ3n) is 2.36. The van der Waals surface area contributed by atoms with Gasteiger partial charge in [0.25, 0.3) is 0 Å². The van der Waals surface area contributed by atoms with Crippen molar-refractivity contribution in [3.8, 4) is 11.5 Å². The Morgan fingerprint density at radius 2 is 1.80 bits per heavy atom. The zero-order valence-corrected chi connectivity index (χ0v) is 9.63. The molecular formula is C11H14ClNO2. The van der Waals surface area contributed by atoms with E-state index in [1.807, 2.05) is 18.3 Å². The van der Waals surface area contributed by atoms with Crippen LogP contribution in [0.5, 0.6) is 11.5 Å². The lowest BCUT2D eigenvalue weighted by Crippen LogP contribution is -1.97. The number of benzene rings is 1. The average Bonchev–Trinajstić information content (AvgIpc) is 2.27. The number of aryl methyl sites for hydroxylation is 1. The zero-order chi connectivity index (χ0) is 9.97. The van der Waals surface area contributed by atoms with Crippen LogP contribution in [0.15, 0.2) is 17.1 Å². The second-order valence-electron chi connectivity index (χ2n) is 3.19. The molecule has 0 unspecified atom stereocenters. The highest BCUT2D eigenvalue weighted by Gasteiger charge is 2.11. The summed E-state index contributed by atoms with van der Waals surface area (Å²) >= 11 is 0. The van der Waals surface area contributed by atoms with Crippen LogP contribution in [0.4, 0.5) is 5.69 Å². The molecule has 0 saturated carbocycles. The summed E-state index contributed by atoms with van der Waals surface area (Å²) < 4.78 is 10.4. The molecule has 15 heavy (non-hydrogen) atoms. The van der Waals surface area contributed by atoms with Crippen LogP contribution in [-0.4, -0.2) is 20.4 Å². The predicted molar refractivity (Wildman–Crippen MR) is 63.3 cm³/mol. The molecule has 82 valence electrons. The van der Waals surface area contributed by atoms with Crippen LogP contribution in [0.2, 0.25) is 0 Å². The van der Waals surface area contributed by atoms with Gasteiger partial charge in [0, 0.05) is 12.3 Å². The Labute approximate surface area is 95.5 Å². The highest BCUT2D eigenvalue weighted by molar-refractivity contribution is 5.85. The van der Waals surface area contributed by atoms with Gasteiger partial charge in [0.05, 0.1) is 19.9 Å². The summed E-state index contributed by atoms with van der Waals surface area (Å²) in [5, 5.41) is 0. The standard InChI is InChI=1S/C11H13NO2.ClH/c1-13-10-6-8-4-3-5-12-9(8)7-11(10)14-2;/h5-7H,3-4H2,1-2H3;1H. The summed E-state index contributed by atoms with van der Waals surface area (Å²) in [6.07, 6.45) is 3.97. The molecule has 0 saturated heterocycles. The first-order chi connectivity index (χ1) is 6.85. The molecule has 0 bridgehead atoms. The SMILES string of the molecule is COc1cc2c(cc1OC)N=CCC2.Cl. The Hall–Kier alpha value is -1.22. The van der Waals surface area contributed by atoms with Gasteiger partial charge in [0.15, 0.2) is 11.5 Å². The number of halogens is 1.